The van der Waals surface area contributed by atoms with Gasteiger partial charge in [-0.25, -0.2) is 13.1 Å². The summed E-state index contributed by atoms with van der Waals surface area (Å²) >= 11 is 0. The number of nitrogens with one attached hydrogen (secondary N) is 3. The molecule has 0 atom stereocenters. The molecule has 0 radical (unpaired) electrons. The monoisotopic (exact) mass is 582 g/mol. The second-order valence-corrected chi connectivity index (χ2v) is 10.3. The lowest BCUT2D eigenvalue weighted by Crippen LogP contribution is -2.32. The van der Waals surface area contributed by atoms with E-state index < -0.39 is 27.8 Å². The molecule has 0 aliphatic heterocycles. The number of hydrogen-bond acceptors (Lipinski definition) is 9. The highest BCUT2D eigenvalue weighted by Crippen LogP contribution is 2.12. The van der Waals surface area contributed by atoms with Crippen LogP contribution >= 0.6 is 0 Å². The van der Waals surface area contributed by atoms with Crippen LogP contribution in [0.5, 0.6) is 5.75 Å². The van der Waals surface area contributed by atoms with Crippen LogP contribution in [0.1, 0.15) is 39.8 Å². The Morgan fingerprint density at radius 2 is 1.61 bits per heavy atom. The molecule has 3 N–H and O–H groups in total. The molecule has 13 heteroatoms. The van der Waals surface area contributed by atoms with Gasteiger partial charge in [-0.05, 0) is 54.8 Å². The number of hydrogen-bond donors (Lipinski definition) is 3. The number of sulfonamides is 1. The Kier molecular flexibility index (Phi) is 11.3. The maximum atomic E-state index is 12.7. The third kappa shape index (κ3) is 10.0. The summed E-state index contributed by atoms with van der Waals surface area (Å²) < 4.78 is 37.6. The van der Waals surface area contributed by atoms with Crippen molar-refractivity contribution in [3.05, 3.63) is 89.7 Å². The molecular weight excluding hydrogens is 552 g/mol. The van der Waals surface area contributed by atoms with Crippen LogP contribution in [0.3, 0.4) is 0 Å². The summed E-state index contributed by atoms with van der Waals surface area (Å²) in [6, 6.07) is 17.3. The summed E-state index contributed by atoms with van der Waals surface area (Å²) in [6.07, 6.45) is 2.16. The smallest absolute Gasteiger partial charge is 0.325 e. The maximum absolute atomic E-state index is 12.7. The fraction of sp³-hybridized carbons (Fsp3) is 0.250. The second kappa shape index (κ2) is 15.1. The van der Waals surface area contributed by atoms with Gasteiger partial charge in [-0.15, -0.1) is 0 Å². The van der Waals surface area contributed by atoms with E-state index in [0.29, 0.717) is 25.1 Å². The molecule has 1 heterocycles. The topological polar surface area (TPSA) is 170 Å². The summed E-state index contributed by atoms with van der Waals surface area (Å²) in [4.78, 5) is 51.8. The number of nitrogens with zero attached hydrogens (tertiary/aromatic N) is 1. The lowest BCUT2D eigenvalue weighted by atomic mass is 10.1. The average Bonchev–Trinajstić information content (AvgIpc) is 2.98. The molecule has 0 saturated carbocycles. The molecule has 0 aliphatic rings. The first kappa shape index (κ1) is 30.8. The minimum atomic E-state index is -4.19. The number of benzene rings is 2. The predicted molar refractivity (Wildman–Crippen MR) is 148 cm³/mol. The quantitative estimate of drug-likeness (QED) is 0.239. The van der Waals surface area contributed by atoms with E-state index in [-0.39, 0.29) is 41.8 Å². The average molecular weight is 583 g/mol. The lowest BCUT2D eigenvalue weighted by Gasteiger charge is -2.09. The van der Waals surface area contributed by atoms with Crippen LogP contribution in [0, 0.1) is 0 Å². The minimum absolute atomic E-state index is 0.0665. The summed E-state index contributed by atoms with van der Waals surface area (Å²) in [7, 11) is -4.19. The molecule has 0 fully saturated rings. The molecule has 3 amide bonds. The number of pyridine rings is 1. The molecule has 3 rings (SSSR count). The fourth-order valence-electron chi connectivity index (χ4n) is 3.31. The number of ether oxygens (including phenoxy) is 2. The Balaban J connectivity index is 1.46. The Bertz CT molecular complexity index is 1440. The van der Waals surface area contributed by atoms with E-state index in [0.717, 1.165) is 11.8 Å². The summed E-state index contributed by atoms with van der Waals surface area (Å²) in [6.45, 7) is 1.95. The fourth-order valence-corrected chi connectivity index (χ4v) is 4.28. The molecule has 3 aromatic rings. The Morgan fingerprint density at radius 3 is 2.27 bits per heavy atom. The van der Waals surface area contributed by atoms with Gasteiger partial charge in [-0.2, -0.15) is 0 Å². The Labute approximate surface area is 237 Å². The zero-order valence-electron chi connectivity index (χ0n) is 22.3. The standard InChI is InChI=1S/C28H30N4O8S/c1-2-16-39-26(34)18-31-28(36)24-13-10-21(17-30-24)27(35)32-41(37,38)23-11-8-20(9-12-23)14-15-29-25(33)19-40-22-6-4-3-5-7-22/h3-13,17H,2,14-16,18-19H2,1H3,(H,29,33)(H,31,36)(H,32,35). The van der Waals surface area contributed by atoms with Crippen LogP contribution in [0.2, 0.25) is 0 Å². The number of aromatic nitrogens is 1. The zero-order chi connectivity index (χ0) is 29.7. The zero-order valence-corrected chi connectivity index (χ0v) is 23.1. The molecule has 0 aliphatic carbocycles. The van der Waals surface area contributed by atoms with Gasteiger partial charge in [0.1, 0.15) is 18.0 Å². The SMILES string of the molecule is CCCOC(=O)CNC(=O)c1ccc(C(=O)NS(=O)(=O)c2ccc(CCNC(=O)COc3ccccc3)cc2)cn1. The first-order valence-electron chi connectivity index (χ1n) is 12.7. The highest BCUT2D eigenvalue weighted by Gasteiger charge is 2.20. The van der Waals surface area contributed by atoms with Crippen molar-refractivity contribution in [2.75, 3.05) is 26.3 Å². The molecular formula is C28H30N4O8S. The van der Waals surface area contributed by atoms with Crippen LogP contribution in [0.4, 0.5) is 0 Å². The summed E-state index contributed by atoms with van der Waals surface area (Å²) in [5.41, 5.74) is 0.621. The molecule has 0 unspecified atom stereocenters. The van der Waals surface area contributed by atoms with Gasteiger partial charge < -0.3 is 20.1 Å². The van der Waals surface area contributed by atoms with Gasteiger partial charge in [-0.1, -0.05) is 37.3 Å². The lowest BCUT2D eigenvalue weighted by molar-refractivity contribution is -0.142. The van der Waals surface area contributed by atoms with E-state index in [4.69, 9.17) is 9.47 Å². The predicted octanol–water partition coefficient (Wildman–Crippen LogP) is 1.62. The van der Waals surface area contributed by atoms with Crippen molar-refractivity contribution in [3.8, 4) is 5.75 Å². The number of para-hydroxylation sites is 1. The number of carbonyl (C=O) groups is 4. The van der Waals surface area contributed by atoms with Gasteiger partial charge in [0.2, 0.25) is 0 Å². The largest absolute Gasteiger partial charge is 0.484 e. The highest BCUT2D eigenvalue weighted by atomic mass is 32.2. The number of rotatable bonds is 14. The molecule has 12 nitrogen and oxygen atoms in total. The van der Waals surface area contributed by atoms with Gasteiger partial charge in [0.15, 0.2) is 6.61 Å². The van der Waals surface area contributed by atoms with E-state index in [2.05, 4.69) is 15.6 Å². The van der Waals surface area contributed by atoms with Crippen molar-refractivity contribution in [1.82, 2.24) is 20.3 Å². The van der Waals surface area contributed by atoms with Crippen molar-refractivity contribution in [1.29, 1.82) is 0 Å². The van der Waals surface area contributed by atoms with E-state index in [1.165, 1.54) is 24.3 Å². The number of esters is 1. The molecule has 0 saturated heterocycles. The second-order valence-electron chi connectivity index (χ2n) is 8.62. The van der Waals surface area contributed by atoms with Gasteiger partial charge in [-0.3, -0.25) is 24.2 Å². The number of amides is 3. The van der Waals surface area contributed by atoms with Crippen molar-refractivity contribution in [3.63, 3.8) is 0 Å². The van der Waals surface area contributed by atoms with Crippen molar-refractivity contribution in [2.45, 2.75) is 24.7 Å². The van der Waals surface area contributed by atoms with Crippen molar-refractivity contribution < 1.29 is 37.1 Å². The first-order valence-corrected chi connectivity index (χ1v) is 14.2. The van der Waals surface area contributed by atoms with Crippen LogP contribution in [-0.2, 0) is 30.8 Å². The minimum Gasteiger partial charge on any atom is -0.484 e. The van der Waals surface area contributed by atoms with E-state index >= 15 is 0 Å². The van der Waals surface area contributed by atoms with E-state index in [1.807, 2.05) is 17.7 Å². The van der Waals surface area contributed by atoms with Gasteiger partial charge in [0.25, 0.3) is 27.7 Å². The summed E-state index contributed by atoms with van der Waals surface area (Å²) in [5, 5.41) is 5.08. The van der Waals surface area contributed by atoms with Crippen LogP contribution in [-0.4, -0.2) is 63.4 Å². The molecule has 0 bridgehead atoms. The third-order valence-corrected chi connectivity index (χ3v) is 6.78. The molecule has 41 heavy (non-hydrogen) atoms. The number of carbonyl (C=O) groups excluding carboxylic acids is 4. The van der Waals surface area contributed by atoms with Gasteiger partial charge >= 0.3 is 5.97 Å². The Morgan fingerprint density at radius 1 is 0.878 bits per heavy atom. The normalized spacial score (nSPS) is 10.8. The highest BCUT2D eigenvalue weighted by molar-refractivity contribution is 7.90. The van der Waals surface area contributed by atoms with Crippen LogP contribution in [0.15, 0.2) is 77.8 Å². The van der Waals surface area contributed by atoms with Crippen LogP contribution < -0.4 is 20.1 Å². The van der Waals surface area contributed by atoms with Gasteiger partial charge in [0, 0.05) is 12.7 Å². The maximum Gasteiger partial charge on any atom is 0.325 e. The molecule has 216 valence electrons. The molecule has 1 aromatic heterocycles. The van der Waals surface area contributed by atoms with E-state index in [1.54, 1.807) is 36.4 Å². The van der Waals surface area contributed by atoms with Crippen molar-refractivity contribution in [2.24, 2.45) is 0 Å². The summed E-state index contributed by atoms with van der Waals surface area (Å²) in [5.74, 6) is -1.88. The first-order chi connectivity index (χ1) is 19.7. The third-order valence-electron chi connectivity index (χ3n) is 5.43. The van der Waals surface area contributed by atoms with Crippen LogP contribution in [0.25, 0.3) is 0 Å². The molecule has 0 spiro atoms. The van der Waals surface area contributed by atoms with E-state index in [9.17, 15) is 27.6 Å². The Hall–Kier alpha value is -4.78. The van der Waals surface area contributed by atoms with Gasteiger partial charge in [0.05, 0.1) is 17.1 Å². The van der Waals surface area contributed by atoms with Crippen molar-refractivity contribution >= 4 is 33.7 Å². The molecule has 2 aromatic carbocycles.